The number of H-pyrrole nitrogens is 1. The van der Waals surface area contributed by atoms with Crippen LogP contribution in [0, 0.1) is 27.7 Å². The maximum Gasteiger partial charge on any atom is 0.153 e. The summed E-state index contributed by atoms with van der Waals surface area (Å²) in [5, 5.41) is 4.85. The quantitative estimate of drug-likeness (QED) is 0.668. The van der Waals surface area contributed by atoms with Gasteiger partial charge in [-0.25, -0.2) is 4.98 Å². The van der Waals surface area contributed by atoms with Crippen molar-refractivity contribution < 1.29 is 4.74 Å². The third-order valence-corrected chi connectivity index (χ3v) is 5.70. The van der Waals surface area contributed by atoms with Crippen molar-refractivity contribution in [3.05, 3.63) is 52.2 Å². The third kappa shape index (κ3) is 3.82. The summed E-state index contributed by atoms with van der Waals surface area (Å²) in [5.74, 6) is 1.95. The number of nitrogens with one attached hydrogen (secondary N) is 2. The van der Waals surface area contributed by atoms with Gasteiger partial charge in [0.2, 0.25) is 0 Å². The van der Waals surface area contributed by atoms with E-state index in [1.54, 1.807) is 0 Å². The van der Waals surface area contributed by atoms with Gasteiger partial charge in [-0.15, -0.1) is 12.4 Å². The first-order valence-corrected chi connectivity index (χ1v) is 9.66. The number of halogens is 1. The smallest absolute Gasteiger partial charge is 0.153 e. The minimum Gasteiger partial charge on any atom is -0.378 e. The monoisotopic (exact) mass is 400 g/mol. The van der Waals surface area contributed by atoms with E-state index in [0.717, 1.165) is 50.0 Å². The number of aromatic nitrogens is 2. The highest BCUT2D eigenvalue weighted by molar-refractivity contribution is 5.94. The minimum atomic E-state index is 0. The molecule has 2 N–H and O–H groups in total. The van der Waals surface area contributed by atoms with Gasteiger partial charge in [-0.3, -0.25) is 0 Å². The highest BCUT2D eigenvalue weighted by Gasteiger charge is 2.18. The molecule has 0 spiro atoms. The Bertz CT molecular complexity index is 956. The van der Waals surface area contributed by atoms with Gasteiger partial charge < -0.3 is 19.9 Å². The number of fused-ring (bicyclic) bond motifs is 1. The molecule has 6 heteroatoms. The fourth-order valence-corrected chi connectivity index (χ4v) is 3.82. The van der Waals surface area contributed by atoms with E-state index in [4.69, 9.17) is 9.72 Å². The molecule has 0 saturated carbocycles. The van der Waals surface area contributed by atoms with E-state index in [-0.39, 0.29) is 12.4 Å². The molecule has 0 radical (unpaired) electrons. The highest BCUT2D eigenvalue weighted by Crippen LogP contribution is 2.31. The van der Waals surface area contributed by atoms with Crippen LogP contribution in [0.3, 0.4) is 0 Å². The van der Waals surface area contributed by atoms with Gasteiger partial charge in [-0.1, -0.05) is 18.2 Å². The molecule has 1 aliphatic rings. The molecule has 1 aromatic carbocycles. The number of hydrogen-bond donors (Lipinski definition) is 2. The molecule has 0 bridgehead atoms. The molecule has 1 aliphatic heterocycles. The van der Waals surface area contributed by atoms with Crippen molar-refractivity contribution in [2.75, 3.05) is 36.5 Å². The van der Waals surface area contributed by atoms with Crippen molar-refractivity contribution in [1.29, 1.82) is 0 Å². The maximum atomic E-state index is 5.51. The second-order valence-electron chi connectivity index (χ2n) is 7.45. The molecule has 1 fully saturated rings. The second kappa shape index (κ2) is 8.41. The van der Waals surface area contributed by atoms with Gasteiger partial charge in [0.25, 0.3) is 0 Å². The maximum absolute atomic E-state index is 5.51. The number of nitrogens with zero attached hydrogens (tertiary/aromatic N) is 2. The number of benzene rings is 1. The average Bonchev–Trinajstić information content (AvgIpc) is 2.96. The van der Waals surface area contributed by atoms with E-state index in [9.17, 15) is 0 Å². The topological polar surface area (TPSA) is 53.2 Å². The first-order chi connectivity index (χ1) is 13.0. The Morgan fingerprint density at radius 3 is 2.46 bits per heavy atom. The summed E-state index contributed by atoms with van der Waals surface area (Å²) < 4.78 is 5.51. The number of ether oxygens (including phenoxy) is 1. The molecular formula is C22H29ClN4O. The van der Waals surface area contributed by atoms with Crippen molar-refractivity contribution in [3.63, 3.8) is 0 Å². The molecule has 2 aromatic heterocycles. The first-order valence-electron chi connectivity index (χ1n) is 9.66. The van der Waals surface area contributed by atoms with Crippen molar-refractivity contribution in [2.24, 2.45) is 0 Å². The summed E-state index contributed by atoms with van der Waals surface area (Å²) in [5.41, 5.74) is 7.53. The van der Waals surface area contributed by atoms with E-state index in [1.807, 2.05) is 0 Å². The Kier molecular flexibility index (Phi) is 6.16. The molecule has 4 rings (SSSR count). The molecule has 1 saturated heterocycles. The predicted octanol–water partition coefficient (Wildman–Crippen LogP) is 4.67. The third-order valence-electron chi connectivity index (χ3n) is 5.70. The van der Waals surface area contributed by atoms with Crippen LogP contribution >= 0.6 is 12.4 Å². The minimum absolute atomic E-state index is 0. The van der Waals surface area contributed by atoms with E-state index >= 15 is 0 Å². The van der Waals surface area contributed by atoms with E-state index in [0.29, 0.717) is 0 Å². The number of aromatic amines is 1. The zero-order valence-corrected chi connectivity index (χ0v) is 17.9. The zero-order chi connectivity index (χ0) is 19.0. The lowest BCUT2D eigenvalue weighted by Crippen LogP contribution is -2.36. The fourth-order valence-electron chi connectivity index (χ4n) is 3.82. The molecule has 150 valence electrons. The van der Waals surface area contributed by atoms with Gasteiger partial charge in [0.15, 0.2) is 5.82 Å². The zero-order valence-electron chi connectivity index (χ0n) is 17.1. The molecular weight excluding hydrogens is 372 g/mol. The van der Waals surface area contributed by atoms with Crippen molar-refractivity contribution >= 4 is 34.9 Å². The summed E-state index contributed by atoms with van der Waals surface area (Å²) >= 11 is 0. The van der Waals surface area contributed by atoms with Gasteiger partial charge in [-0.2, -0.15) is 0 Å². The number of morpholine rings is 1. The molecule has 5 nitrogen and oxygen atoms in total. The van der Waals surface area contributed by atoms with Crippen LogP contribution in [0.5, 0.6) is 0 Å². The number of aryl methyl sites for hydroxylation is 4. The summed E-state index contributed by atoms with van der Waals surface area (Å²) in [6, 6.07) is 8.66. The molecule has 0 amide bonds. The highest BCUT2D eigenvalue weighted by atomic mass is 35.5. The van der Waals surface area contributed by atoms with Crippen LogP contribution in [0.15, 0.2) is 24.3 Å². The number of anilines is 2. The lowest BCUT2D eigenvalue weighted by atomic mass is 10.0. The Morgan fingerprint density at radius 2 is 1.79 bits per heavy atom. The Balaban J connectivity index is 0.00000225. The van der Waals surface area contributed by atoms with E-state index in [1.165, 1.54) is 33.3 Å². The molecule has 0 unspecified atom stereocenters. The number of hydrogen-bond acceptors (Lipinski definition) is 4. The van der Waals surface area contributed by atoms with Crippen LogP contribution in [0.1, 0.15) is 27.9 Å². The van der Waals surface area contributed by atoms with Gasteiger partial charge >= 0.3 is 0 Å². The fraction of sp³-hybridized carbons (Fsp3) is 0.409. The van der Waals surface area contributed by atoms with Crippen molar-refractivity contribution in [1.82, 2.24) is 9.97 Å². The van der Waals surface area contributed by atoms with Crippen LogP contribution < -0.4 is 10.2 Å². The predicted molar refractivity (Wildman–Crippen MR) is 119 cm³/mol. The van der Waals surface area contributed by atoms with Gasteiger partial charge in [0.05, 0.1) is 18.7 Å². The molecule has 3 heterocycles. The van der Waals surface area contributed by atoms with Crippen LogP contribution in [0.4, 0.5) is 11.6 Å². The lowest BCUT2D eigenvalue weighted by Gasteiger charge is -2.28. The summed E-state index contributed by atoms with van der Waals surface area (Å²) in [6.45, 7) is 12.7. The Morgan fingerprint density at radius 1 is 1.11 bits per heavy atom. The standard InChI is InChI=1S/C22H28N4O.ClH/c1-14-6-5-7-15(2)19(14)13-23-22-21-18(16(3)17(4)24-21)12-20(25-22)26-8-10-27-11-9-26;/h5-7,12,24H,8-11,13H2,1-4H3,(H,23,25);1H. The molecule has 0 atom stereocenters. The van der Waals surface area contributed by atoms with Crippen LogP contribution in [0.25, 0.3) is 10.9 Å². The van der Waals surface area contributed by atoms with E-state index < -0.39 is 0 Å². The Labute approximate surface area is 172 Å². The number of rotatable bonds is 4. The van der Waals surface area contributed by atoms with Crippen LogP contribution in [-0.4, -0.2) is 36.3 Å². The van der Waals surface area contributed by atoms with Crippen LogP contribution in [-0.2, 0) is 11.3 Å². The molecule has 28 heavy (non-hydrogen) atoms. The van der Waals surface area contributed by atoms with Crippen molar-refractivity contribution in [3.8, 4) is 0 Å². The van der Waals surface area contributed by atoms with E-state index in [2.05, 4.69) is 67.2 Å². The van der Waals surface area contributed by atoms with Gasteiger partial charge in [-0.05, 0) is 56.0 Å². The number of pyridine rings is 1. The SMILES string of the molecule is Cc1cccc(C)c1CNc1nc(N2CCOCC2)cc2c(C)c(C)[nH]c12.Cl. The van der Waals surface area contributed by atoms with Crippen LogP contribution in [0.2, 0.25) is 0 Å². The average molecular weight is 401 g/mol. The lowest BCUT2D eigenvalue weighted by molar-refractivity contribution is 0.122. The summed E-state index contributed by atoms with van der Waals surface area (Å²) in [7, 11) is 0. The summed E-state index contributed by atoms with van der Waals surface area (Å²) in [6.07, 6.45) is 0. The normalized spacial score (nSPS) is 14.2. The van der Waals surface area contributed by atoms with Crippen molar-refractivity contribution in [2.45, 2.75) is 34.2 Å². The van der Waals surface area contributed by atoms with Gasteiger partial charge in [0, 0.05) is 30.7 Å². The Hall–Kier alpha value is -2.24. The molecule has 3 aromatic rings. The first kappa shape index (κ1) is 20.5. The summed E-state index contributed by atoms with van der Waals surface area (Å²) in [4.78, 5) is 10.8. The second-order valence-corrected chi connectivity index (χ2v) is 7.45. The molecule has 0 aliphatic carbocycles. The largest absolute Gasteiger partial charge is 0.378 e. The van der Waals surface area contributed by atoms with Gasteiger partial charge in [0.1, 0.15) is 5.82 Å².